The summed E-state index contributed by atoms with van der Waals surface area (Å²) in [5.41, 5.74) is 3.98. The summed E-state index contributed by atoms with van der Waals surface area (Å²) in [7, 11) is 0. The average Bonchev–Trinajstić information content (AvgIpc) is 3.01. The Morgan fingerprint density at radius 3 is 2.47 bits per heavy atom. The third kappa shape index (κ3) is 4.41. The molecule has 34 heavy (non-hydrogen) atoms. The summed E-state index contributed by atoms with van der Waals surface area (Å²) in [6.45, 7) is 3.83. The van der Waals surface area contributed by atoms with Gasteiger partial charge in [-0.3, -0.25) is 9.59 Å². The Labute approximate surface area is 198 Å². The van der Waals surface area contributed by atoms with Gasteiger partial charge in [-0.15, -0.1) is 10.2 Å². The molecule has 2 N–H and O–H groups in total. The zero-order valence-corrected chi connectivity index (χ0v) is 19.2. The van der Waals surface area contributed by atoms with Crippen LogP contribution in [0.2, 0.25) is 0 Å². The number of carbonyl (C=O) groups excluding carboxylic acids is 2. The van der Waals surface area contributed by atoms with E-state index < -0.39 is 11.7 Å². The van der Waals surface area contributed by atoms with Crippen molar-refractivity contribution >= 4 is 34.1 Å². The van der Waals surface area contributed by atoms with Gasteiger partial charge in [0.2, 0.25) is 0 Å². The second-order valence-corrected chi connectivity index (χ2v) is 8.71. The molecule has 0 bridgehead atoms. The van der Waals surface area contributed by atoms with Crippen LogP contribution in [0.4, 0.5) is 11.5 Å². The quantitative estimate of drug-likeness (QED) is 0.323. The molecule has 0 spiro atoms. The number of nitrogens with one attached hydrogen (secondary N) is 2. The van der Waals surface area contributed by atoms with Gasteiger partial charge >= 0.3 is 0 Å². The molecule has 1 saturated heterocycles. The Morgan fingerprint density at radius 1 is 0.912 bits per heavy atom. The molecule has 0 atom stereocenters. The van der Waals surface area contributed by atoms with Gasteiger partial charge in [0, 0.05) is 40.9 Å². The second-order valence-electron chi connectivity index (χ2n) is 8.71. The lowest BCUT2D eigenvalue weighted by Crippen LogP contribution is -2.25. The maximum Gasteiger partial charge on any atom is 0.296 e. The van der Waals surface area contributed by atoms with Crippen molar-refractivity contribution in [3.63, 3.8) is 0 Å². The highest BCUT2D eigenvalue weighted by atomic mass is 16.2. The first-order valence-corrected chi connectivity index (χ1v) is 11.7. The molecule has 1 aliphatic heterocycles. The number of fused-ring (bicyclic) bond motifs is 1. The summed E-state index contributed by atoms with van der Waals surface area (Å²) < 4.78 is 0. The summed E-state index contributed by atoms with van der Waals surface area (Å²) in [6, 6.07) is 18.7. The number of benzene rings is 2. The van der Waals surface area contributed by atoms with Crippen LogP contribution in [-0.4, -0.2) is 40.0 Å². The van der Waals surface area contributed by atoms with Crippen LogP contribution in [0.3, 0.4) is 0 Å². The number of aromatic amines is 1. The molecule has 2 aromatic heterocycles. The van der Waals surface area contributed by atoms with Crippen molar-refractivity contribution in [3.8, 4) is 11.3 Å². The van der Waals surface area contributed by atoms with Gasteiger partial charge in [-0.2, -0.15) is 0 Å². The van der Waals surface area contributed by atoms with Crippen LogP contribution in [0.5, 0.6) is 0 Å². The van der Waals surface area contributed by atoms with E-state index >= 15 is 0 Å². The molecule has 2 aromatic carbocycles. The fourth-order valence-corrected chi connectivity index (χ4v) is 4.57. The summed E-state index contributed by atoms with van der Waals surface area (Å²) >= 11 is 0. The molecule has 3 heterocycles. The van der Waals surface area contributed by atoms with Crippen LogP contribution in [0.25, 0.3) is 22.2 Å². The number of H-pyrrole nitrogens is 1. The lowest BCUT2D eigenvalue weighted by atomic mass is 10.1. The van der Waals surface area contributed by atoms with Gasteiger partial charge in [0.05, 0.1) is 11.3 Å². The minimum absolute atomic E-state index is 0.402. The Bertz CT molecular complexity index is 1330. The zero-order chi connectivity index (χ0) is 23.5. The monoisotopic (exact) mass is 453 g/mol. The van der Waals surface area contributed by atoms with E-state index in [1.54, 1.807) is 13.0 Å². The van der Waals surface area contributed by atoms with Gasteiger partial charge in [0.15, 0.2) is 5.82 Å². The Morgan fingerprint density at radius 2 is 1.71 bits per heavy atom. The van der Waals surface area contributed by atoms with Crippen molar-refractivity contribution in [2.45, 2.75) is 32.6 Å². The van der Waals surface area contributed by atoms with Crippen molar-refractivity contribution in [3.05, 3.63) is 71.9 Å². The maximum absolute atomic E-state index is 13.0. The molecule has 0 aliphatic carbocycles. The lowest BCUT2D eigenvalue weighted by molar-refractivity contribution is -0.112. The molecule has 5 rings (SSSR count). The number of nitrogens with zero attached hydrogens (tertiary/aromatic N) is 3. The molecular formula is C27H27N5O2. The SMILES string of the molecule is Cc1[nH]c2ccccc2c1C(=O)C(=O)Nc1cccc(-c2ccc(N3CCCCCC3)nn2)c1. The van der Waals surface area contributed by atoms with E-state index in [4.69, 9.17) is 0 Å². The molecule has 172 valence electrons. The van der Waals surface area contributed by atoms with E-state index in [9.17, 15) is 9.59 Å². The Hall–Kier alpha value is -4.00. The van der Waals surface area contributed by atoms with E-state index in [1.165, 1.54) is 25.7 Å². The van der Waals surface area contributed by atoms with Gasteiger partial charge in [-0.05, 0) is 50.1 Å². The van der Waals surface area contributed by atoms with Crippen molar-refractivity contribution in [2.24, 2.45) is 0 Å². The van der Waals surface area contributed by atoms with Gasteiger partial charge in [0.25, 0.3) is 11.7 Å². The van der Waals surface area contributed by atoms with Crippen LogP contribution in [0.1, 0.15) is 41.7 Å². The van der Waals surface area contributed by atoms with Gasteiger partial charge in [-0.25, -0.2) is 0 Å². The molecule has 1 fully saturated rings. The highest BCUT2D eigenvalue weighted by Crippen LogP contribution is 2.25. The minimum Gasteiger partial charge on any atom is -0.358 e. The normalized spacial score (nSPS) is 14.1. The standard InChI is InChI=1S/C27H27N5O2/c1-18-25(21-11-4-5-12-23(21)28-18)26(33)27(34)29-20-10-8-9-19(17-20)22-13-14-24(31-30-22)32-15-6-2-3-7-16-32/h4-5,8-14,17,28H,2-3,6-7,15-16H2,1H3,(H,29,34). The van der Waals surface area contributed by atoms with Crippen LogP contribution in [0, 0.1) is 6.92 Å². The average molecular weight is 454 g/mol. The number of hydrogen-bond acceptors (Lipinski definition) is 5. The molecule has 7 nitrogen and oxygen atoms in total. The fourth-order valence-electron chi connectivity index (χ4n) is 4.57. The molecule has 7 heteroatoms. The summed E-state index contributed by atoms with van der Waals surface area (Å²) in [5, 5.41) is 12.4. The predicted molar refractivity (Wildman–Crippen MR) is 134 cm³/mol. The first kappa shape index (κ1) is 21.8. The smallest absolute Gasteiger partial charge is 0.296 e. The fraction of sp³-hybridized carbons (Fsp3) is 0.259. The number of amides is 1. The number of hydrogen-bond donors (Lipinski definition) is 2. The molecule has 4 aromatic rings. The zero-order valence-electron chi connectivity index (χ0n) is 19.2. The van der Waals surface area contributed by atoms with Crippen molar-refractivity contribution in [1.82, 2.24) is 15.2 Å². The number of Topliss-reactive ketones (excluding diaryl/α,β-unsaturated/α-hetero) is 1. The number of carbonyl (C=O) groups is 2. The first-order valence-electron chi connectivity index (χ1n) is 11.7. The van der Waals surface area contributed by atoms with Crippen molar-refractivity contribution in [2.75, 3.05) is 23.3 Å². The summed E-state index contributed by atoms with van der Waals surface area (Å²) in [6.07, 6.45) is 4.90. The number of aromatic nitrogens is 3. The molecule has 0 unspecified atom stereocenters. The molecular weight excluding hydrogens is 426 g/mol. The Kier molecular flexibility index (Phi) is 6.08. The van der Waals surface area contributed by atoms with Crippen molar-refractivity contribution < 1.29 is 9.59 Å². The van der Waals surface area contributed by atoms with Gasteiger partial charge in [0.1, 0.15) is 0 Å². The van der Waals surface area contributed by atoms with E-state index in [1.807, 2.05) is 54.6 Å². The maximum atomic E-state index is 13.0. The van der Waals surface area contributed by atoms with Crippen LogP contribution in [0.15, 0.2) is 60.7 Å². The van der Waals surface area contributed by atoms with E-state index in [0.717, 1.165) is 35.4 Å². The van der Waals surface area contributed by atoms with Crippen LogP contribution in [-0.2, 0) is 4.79 Å². The predicted octanol–water partition coefficient (Wildman–Crippen LogP) is 5.14. The third-order valence-electron chi connectivity index (χ3n) is 6.32. The summed E-state index contributed by atoms with van der Waals surface area (Å²) in [5.74, 6) is -0.343. The summed E-state index contributed by atoms with van der Waals surface area (Å²) in [4.78, 5) is 31.2. The Balaban J connectivity index is 1.32. The lowest BCUT2D eigenvalue weighted by Gasteiger charge is -2.20. The van der Waals surface area contributed by atoms with E-state index in [0.29, 0.717) is 22.6 Å². The number of para-hydroxylation sites is 1. The van der Waals surface area contributed by atoms with Crippen LogP contribution >= 0.6 is 0 Å². The number of anilines is 2. The second kappa shape index (κ2) is 9.47. The highest BCUT2D eigenvalue weighted by molar-refractivity contribution is 6.48. The number of rotatable bonds is 5. The van der Waals surface area contributed by atoms with Gasteiger partial charge in [-0.1, -0.05) is 43.2 Å². The number of aryl methyl sites for hydroxylation is 1. The topological polar surface area (TPSA) is 91.0 Å². The first-order chi connectivity index (χ1) is 16.6. The third-order valence-corrected chi connectivity index (χ3v) is 6.32. The molecule has 1 aliphatic rings. The molecule has 0 saturated carbocycles. The minimum atomic E-state index is -0.674. The van der Waals surface area contributed by atoms with E-state index in [-0.39, 0.29) is 0 Å². The molecule has 1 amide bonds. The number of ketones is 1. The van der Waals surface area contributed by atoms with Gasteiger partial charge < -0.3 is 15.2 Å². The molecule has 0 radical (unpaired) electrons. The largest absolute Gasteiger partial charge is 0.358 e. The highest BCUT2D eigenvalue weighted by Gasteiger charge is 2.23. The van der Waals surface area contributed by atoms with Crippen LogP contribution < -0.4 is 10.2 Å². The van der Waals surface area contributed by atoms with Crippen molar-refractivity contribution in [1.29, 1.82) is 0 Å². The van der Waals surface area contributed by atoms with E-state index in [2.05, 4.69) is 25.4 Å².